The minimum atomic E-state index is 0.459. The maximum Gasteiger partial charge on any atom is 0.0512 e. The third-order valence-corrected chi connectivity index (χ3v) is 4.86. The van der Waals surface area contributed by atoms with E-state index in [0.717, 1.165) is 6.42 Å². The molecule has 0 aromatic carbocycles. The highest BCUT2D eigenvalue weighted by Gasteiger charge is 2.39. The lowest BCUT2D eigenvalue weighted by Gasteiger charge is -2.27. The lowest BCUT2D eigenvalue weighted by molar-refractivity contribution is 0.432. The second-order valence-electron chi connectivity index (χ2n) is 4.63. The Morgan fingerprint density at radius 2 is 2.00 bits per heavy atom. The summed E-state index contributed by atoms with van der Waals surface area (Å²) in [6.07, 6.45) is 6.43. The Labute approximate surface area is 93.4 Å². The van der Waals surface area contributed by atoms with Gasteiger partial charge in [0, 0.05) is 10.8 Å². The summed E-state index contributed by atoms with van der Waals surface area (Å²) in [5.41, 5.74) is 0. The predicted octanol–water partition coefficient (Wildman–Crippen LogP) is 3.60. The molecule has 0 aromatic rings. The molecule has 1 heterocycles. The van der Waals surface area contributed by atoms with E-state index in [4.69, 9.17) is 0 Å². The molecule has 3 atom stereocenters. The Morgan fingerprint density at radius 1 is 1.29 bits per heavy atom. The minimum Gasteiger partial charge on any atom is -0.302 e. The van der Waals surface area contributed by atoms with Gasteiger partial charge in [-0.2, -0.15) is 0 Å². The maximum atomic E-state index is 3.88. The fourth-order valence-corrected chi connectivity index (χ4v) is 3.79. The van der Waals surface area contributed by atoms with Crippen molar-refractivity contribution in [2.24, 2.45) is 0 Å². The average molecular weight is 214 g/mol. The third-order valence-electron chi connectivity index (χ3n) is 3.27. The Bertz CT molecular complexity index is 172. The Balaban J connectivity index is 2.27. The van der Waals surface area contributed by atoms with Crippen molar-refractivity contribution < 1.29 is 0 Å². The van der Waals surface area contributed by atoms with Crippen LogP contribution in [0, 0.1) is 6.92 Å². The SMILES string of the molecule is [CH2]CCCCCC1(C)SC(C)NC1C. The summed E-state index contributed by atoms with van der Waals surface area (Å²) < 4.78 is 0.459. The molecule has 1 saturated heterocycles. The summed E-state index contributed by atoms with van der Waals surface area (Å²) in [6, 6.07) is 0.655. The lowest BCUT2D eigenvalue weighted by Crippen LogP contribution is -2.36. The van der Waals surface area contributed by atoms with Gasteiger partial charge in [0.1, 0.15) is 0 Å². The van der Waals surface area contributed by atoms with E-state index >= 15 is 0 Å². The molecule has 14 heavy (non-hydrogen) atoms. The van der Waals surface area contributed by atoms with E-state index in [1.54, 1.807) is 0 Å². The van der Waals surface area contributed by atoms with Crippen LogP contribution in [-0.2, 0) is 0 Å². The molecule has 1 nitrogen and oxygen atoms in total. The normalized spacial score (nSPS) is 37.7. The van der Waals surface area contributed by atoms with Crippen LogP contribution >= 0.6 is 11.8 Å². The fraction of sp³-hybridized carbons (Fsp3) is 0.917. The summed E-state index contributed by atoms with van der Waals surface area (Å²) in [6.45, 7) is 10.9. The lowest BCUT2D eigenvalue weighted by atomic mass is 9.95. The fourth-order valence-electron chi connectivity index (χ4n) is 2.17. The standard InChI is InChI=1S/C12H24NS/c1-5-6-7-8-9-12(4)10(2)13-11(3)14-12/h10-11,13H,1,5-9H2,2-4H3. The van der Waals surface area contributed by atoms with E-state index < -0.39 is 0 Å². The number of rotatable bonds is 5. The van der Waals surface area contributed by atoms with Crippen molar-refractivity contribution in [2.45, 2.75) is 69.0 Å². The Kier molecular flexibility index (Phi) is 4.78. The van der Waals surface area contributed by atoms with Crippen molar-refractivity contribution >= 4 is 11.8 Å². The first-order chi connectivity index (χ1) is 6.58. The van der Waals surface area contributed by atoms with Crippen LogP contribution in [0.3, 0.4) is 0 Å². The first-order valence-corrected chi connectivity index (χ1v) is 6.69. The average Bonchev–Trinajstić information content (AvgIpc) is 2.36. The van der Waals surface area contributed by atoms with Crippen LogP contribution < -0.4 is 5.32 Å². The first-order valence-electron chi connectivity index (χ1n) is 5.81. The molecule has 1 N–H and O–H groups in total. The predicted molar refractivity (Wildman–Crippen MR) is 66.5 cm³/mol. The quantitative estimate of drug-likeness (QED) is 0.702. The van der Waals surface area contributed by atoms with Gasteiger partial charge in [0.25, 0.3) is 0 Å². The first kappa shape index (κ1) is 12.4. The van der Waals surface area contributed by atoms with Crippen LogP contribution in [0.5, 0.6) is 0 Å². The molecule has 0 amide bonds. The van der Waals surface area contributed by atoms with Crippen molar-refractivity contribution in [3.05, 3.63) is 6.92 Å². The van der Waals surface area contributed by atoms with Gasteiger partial charge < -0.3 is 5.32 Å². The highest BCUT2D eigenvalue weighted by atomic mass is 32.2. The van der Waals surface area contributed by atoms with Gasteiger partial charge in [-0.05, 0) is 27.2 Å². The second kappa shape index (κ2) is 5.41. The van der Waals surface area contributed by atoms with E-state index in [0.29, 0.717) is 16.2 Å². The van der Waals surface area contributed by atoms with E-state index in [2.05, 4.69) is 44.8 Å². The molecule has 1 rings (SSSR count). The highest BCUT2D eigenvalue weighted by molar-refractivity contribution is 8.01. The summed E-state index contributed by atoms with van der Waals surface area (Å²) in [4.78, 5) is 0. The molecule has 0 bridgehead atoms. The van der Waals surface area contributed by atoms with Gasteiger partial charge in [0.05, 0.1) is 5.37 Å². The highest BCUT2D eigenvalue weighted by Crippen LogP contribution is 2.41. The van der Waals surface area contributed by atoms with Crippen molar-refractivity contribution in [3.63, 3.8) is 0 Å². The molecule has 1 radical (unpaired) electrons. The monoisotopic (exact) mass is 214 g/mol. The number of unbranched alkanes of at least 4 members (excludes halogenated alkanes) is 3. The van der Waals surface area contributed by atoms with Crippen LogP contribution in [0.15, 0.2) is 0 Å². The molecule has 0 aliphatic carbocycles. The zero-order chi connectivity index (χ0) is 10.6. The van der Waals surface area contributed by atoms with Gasteiger partial charge in [0.15, 0.2) is 0 Å². The van der Waals surface area contributed by atoms with E-state index in [9.17, 15) is 0 Å². The number of hydrogen-bond donors (Lipinski definition) is 1. The largest absolute Gasteiger partial charge is 0.302 e. The second-order valence-corrected chi connectivity index (χ2v) is 6.50. The van der Waals surface area contributed by atoms with Crippen LogP contribution in [0.25, 0.3) is 0 Å². The van der Waals surface area contributed by atoms with Gasteiger partial charge in [0.2, 0.25) is 0 Å². The maximum absolute atomic E-state index is 3.88. The smallest absolute Gasteiger partial charge is 0.0512 e. The topological polar surface area (TPSA) is 12.0 Å². The van der Waals surface area contributed by atoms with E-state index in [1.807, 2.05) is 0 Å². The van der Waals surface area contributed by atoms with Crippen molar-refractivity contribution in [2.75, 3.05) is 0 Å². The van der Waals surface area contributed by atoms with Gasteiger partial charge in [-0.3, -0.25) is 0 Å². The molecule has 2 heteroatoms. The Hall–Kier alpha value is 0.310. The molecule has 0 spiro atoms. The molecule has 83 valence electrons. The number of nitrogens with one attached hydrogen (secondary N) is 1. The zero-order valence-electron chi connectivity index (χ0n) is 9.81. The molecule has 0 saturated carbocycles. The van der Waals surface area contributed by atoms with Crippen molar-refractivity contribution in [1.82, 2.24) is 5.32 Å². The van der Waals surface area contributed by atoms with Crippen molar-refractivity contribution in [1.29, 1.82) is 0 Å². The molecule has 1 aliphatic rings. The molecular weight excluding hydrogens is 190 g/mol. The number of thioether (sulfide) groups is 1. The van der Waals surface area contributed by atoms with Crippen LogP contribution in [0.4, 0.5) is 0 Å². The van der Waals surface area contributed by atoms with E-state index in [-0.39, 0.29) is 0 Å². The van der Waals surface area contributed by atoms with Crippen molar-refractivity contribution in [3.8, 4) is 0 Å². The van der Waals surface area contributed by atoms with Crippen LogP contribution in [0.1, 0.15) is 52.9 Å². The molecule has 3 unspecified atom stereocenters. The minimum absolute atomic E-state index is 0.459. The summed E-state index contributed by atoms with van der Waals surface area (Å²) in [5.74, 6) is 0. The molecule has 1 fully saturated rings. The number of hydrogen-bond acceptors (Lipinski definition) is 2. The molecular formula is C12H24NS. The van der Waals surface area contributed by atoms with Gasteiger partial charge in [-0.15, -0.1) is 11.8 Å². The summed E-state index contributed by atoms with van der Waals surface area (Å²) in [5, 5.41) is 4.23. The van der Waals surface area contributed by atoms with Gasteiger partial charge in [-0.1, -0.05) is 32.6 Å². The summed E-state index contributed by atoms with van der Waals surface area (Å²) in [7, 11) is 0. The third kappa shape index (κ3) is 3.16. The van der Waals surface area contributed by atoms with E-state index in [1.165, 1.54) is 25.7 Å². The van der Waals surface area contributed by atoms with Gasteiger partial charge in [-0.25, -0.2) is 0 Å². The Morgan fingerprint density at radius 3 is 2.50 bits per heavy atom. The van der Waals surface area contributed by atoms with Gasteiger partial charge >= 0.3 is 0 Å². The van der Waals surface area contributed by atoms with Crippen LogP contribution in [0.2, 0.25) is 0 Å². The summed E-state index contributed by atoms with van der Waals surface area (Å²) >= 11 is 2.11. The molecule has 1 aliphatic heterocycles. The van der Waals surface area contributed by atoms with Crippen LogP contribution in [-0.4, -0.2) is 16.2 Å². The molecule has 0 aromatic heterocycles. The zero-order valence-corrected chi connectivity index (χ0v) is 10.6.